The maximum absolute atomic E-state index is 11.2. The molecule has 1 aromatic rings. The molecule has 0 saturated carbocycles. The van der Waals surface area contributed by atoms with Crippen LogP contribution in [-0.2, 0) is 16.3 Å². The van der Waals surface area contributed by atoms with E-state index in [1.165, 1.54) is 0 Å². The van der Waals surface area contributed by atoms with Gasteiger partial charge in [0.1, 0.15) is 9.84 Å². The van der Waals surface area contributed by atoms with E-state index in [9.17, 15) is 8.42 Å². The molecule has 0 unspecified atom stereocenters. The molecule has 0 fully saturated rings. The van der Waals surface area contributed by atoms with Crippen LogP contribution >= 0.6 is 15.9 Å². The normalized spacial score (nSPS) is 11.6. The third kappa shape index (κ3) is 3.75. The number of halogens is 1. The van der Waals surface area contributed by atoms with Crippen LogP contribution in [0.5, 0.6) is 0 Å². The third-order valence-electron chi connectivity index (χ3n) is 1.90. The number of hydrogen-bond acceptors (Lipinski definition) is 3. The van der Waals surface area contributed by atoms with Gasteiger partial charge in [0.2, 0.25) is 0 Å². The zero-order valence-electron chi connectivity index (χ0n) is 7.90. The summed E-state index contributed by atoms with van der Waals surface area (Å²) in [6.45, 7) is 1.66. The summed E-state index contributed by atoms with van der Waals surface area (Å²) in [7, 11) is -2.88. The summed E-state index contributed by atoms with van der Waals surface area (Å²) < 4.78 is 23.3. The highest BCUT2D eigenvalue weighted by atomic mass is 79.9. The first-order valence-corrected chi connectivity index (χ1v) is 6.96. The average molecular weight is 278 g/mol. The Morgan fingerprint density at radius 3 is 2.64 bits per heavy atom. The Bertz CT molecular complexity index is 386. The van der Waals surface area contributed by atoms with E-state index in [0.717, 1.165) is 10.2 Å². The lowest BCUT2D eigenvalue weighted by Gasteiger charge is -2.00. The van der Waals surface area contributed by atoms with Gasteiger partial charge in [-0.15, -0.1) is 0 Å². The summed E-state index contributed by atoms with van der Waals surface area (Å²) in [4.78, 5) is 4.10. The molecule has 0 amide bonds. The van der Waals surface area contributed by atoms with E-state index in [2.05, 4.69) is 20.9 Å². The highest BCUT2D eigenvalue weighted by Gasteiger charge is 2.07. The predicted molar refractivity (Wildman–Crippen MR) is 60.0 cm³/mol. The molecular formula is C9H12BrNO2S. The summed E-state index contributed by atoms with van der Waals surface area (Å²) >= 11 is 3.27. The van der Waals surface area contributed by atoms with Crippen molar-refractivity contribution in [3.05, 3.63) is 28.5 Å². The first-order chi connectivity index (χ1) is 6.53. The molecule has 1 aromatic heterocycles. The van der Waals surface area contributed by atoms with Crippen molar-refractivity contribution in [2.24, 2.45) is 0 Å². The number of sulfone groups is 1. The van der Waals surface area contributed by atoms with Crippen molar-refractivity contribution in [1.29, 1.82) is 0 Å². The minimum absolute atomic E-state index is 0.179. The van der Waals surface area contributed by atoms with Gasteiger partial charge in [-0.1, -0.05) is 6.92 Å². The molecule has 3 nitrogen and oxygen atoms in total. The van der Waals surface area contributed by atoms with Crippen LogP contribution in [0.3, 0.4) is 0 Å². The fourth-order valence-electron chi connectivity index (χ4n) is 0.959. The molecule has 0 aliphatic heterocycles. The lowest BCUT2D eigenvalue weighted by molar-refractivity contribution is 0.596. The topological polar surface area (TPSA) is 47.0 Å². The summed E-state index contributed by atoms with van der Waals surface area (Å²) in [5, 5.41) is 0. The summed E-state index contributed by atoms with van der Waals surface area (Å²) in [5.41, 5.74) is 0.810. The third-order valence-corrected chi connectivity index (χ3v) is 4.07. The van der Waals surface area contributed by atoms with Gasteiger partial charge >= 0.3 is 0 Å². The van der Waals surface area contributed by atoms with Gasteiger partial charge in [0.15, 0.2) is 0 Å². The quantitative estimate of drug-likeness (QED) is 0.844. The molecule has 5 heteroatoms. The van der Waals surface area contributed by atoms with Crippen LogP contribution in [0, 0.1) is 0 Å². The fourth-order valence-corrected chi connectivity index (χ4v) is 2.00. The molecule has 0 aromatic carbocycles. The maximum atomic E-state index is 11.2. The minimum atomic E-state index is -2.88. The molecule has 0 spiro atoms. The Balaban J connectivity index is 2.59. The summed E-state index contributed by atoms with van der Waals surface area (Å²) in [5.74, 6) is 0.377. The van der Waals surface area contributed by atoms with Crippen LogP contribution in [0.1, 0.15) is 12.6 Å². The van der Waals surface area contributed by atoms with Gasteiger partial charge in [-0.25, -0.2) is 8.42 Å². The van der Waals surface area contributed by atoms with Crippen molar-refractivity contribution in [3.63, 3.8) is 0 Å². The van der Waals surface area contributed by atoms with Gasteiger partial charge in [0, 0.05) is 28.5 Å². The van der Waals surface area contributed by atoms with Crippen LogP contribution in [0.2, 0.25) is 0 Å². The number of rotatable bonds is 4. The standard InChI is InChI=1S/C9H12BrNO2S/c1-2-14(12,13)6-5-9-4-3-8(10)7-11-9/h3-4,7H,2,5-6H2,1H3. The number of aryl methyl sites for hydroxylation is 1. The van der Waals surface area contributed by atoms with E-state index in [1.54, 1.807) is 13.1 Å². The molecule has 14 heavy (non-hydrogen) atoms. The van der Waals surface area contributed by atoms with Gasteiger partial charge < -0.3 is 0 Å². The average Bonchev–Trinajstić information content (AvgIpc) is 2.17. The van der Waals surface area contributed by atoms with Gasteiger partial charge in [0.05, 0.1) is 5.75 Å². The number of aromatic nitrogens is 1. The zero-order chi connectivity index (χ0) is 10.6. The minimum Gasteiger partial charge on any atom is -0.260 e. The zero-order valence-corrected chi connectivity index (χ0v) is 10.3. The van der Waals surface area contributed by atoms with Crippen molar-refractivity contribution in [2.45, 2.75) is 13.3 Å². The number of hydrogen-bond donors (Lipinski definition) is 0. The van der Waals surface area contributed by atoms with Crippen LogP contribution in [0.15, 0.2) is 22.8 Å². The van der Waals surface area contributed by atoms with Gasteiger partial charge in [-0.2, -0.15) is 0 Å². The van der Waals surface area contributed by atoms with E-state index in [1.807, 2.05) is 12.1 Å². The van der Waals surface area contributed by atoms with E-state index >= 15 is 0 Å². The molecule has 0 aliphatic carbocycles. The Labute approximate surface area is 92.6 Å². The molecule has 0 atom stereocenters. The van der Waals surface area contributed by atoms with Gasteiger partial charge in [-0.05, 0) is 28.1 Å². The van der Waals surface area contributed by atoms with Gasteiger partial charge in [0.25, 0.3) is 0 Å². The van der Waals surface area contributed by atoms with Crippen LogP contribution < -0.4 is 0 Å². The molecule has 0 aliphatic rings. The van der Waals surface area contributed by atoms with Crippen LogP contribution in [0.4, 0.5) is 0 Å². The molecule has 0 radical (unpaired) electrons. The Kier molecular flexibility index (Phi) is 4.07. The fraction of sp³-hybridized carbons (Fsp3) is 0.444. The van der Waals surface area contributed by atoms with Crippen molar-refractivity contribution in [3.8, 4) is 0 Å². The first-order valence-electron chi connectivity index (χ1n) is 4.34. The molecule has 78 valence electrons. The lowest BCUT2D eigenvalue weighted by atomic mass is 10.3. The van der Waals surface area contributed by atoms with Crippen LogP contribution in [-0.4, -0.2) is 24.9 Å². The Morgan fingerprint density at radius 1 is 1.43 bits per heavy atom. The predicted octanol–water partition coefficient (Wildman–Crippen LogP) is 1.82. The van der Waals surface area contributed by atoms with E-state index in [-0.39, 0.29) is 11.5 Å². The highest BCUT2D eigenvalue weighted by molar-refractivity contribution is 9.10. The molecule has 0 N–H and O–H groups in total. The van der Waals surface area contributed by atoms with E-state index in [0.29, 0.717) is 6.42 Å². The second-order valence-electron chi connectivity index (χ2n) is 2.95. The van der Waals surface area contributed by atoms with Crippen molar-refractivity contribution < 1.29 is 8.42 Å². The van der Waals surface area contributed by atoms with Crippen LogP contribution in [0.25, 0.3) is 0 Å². The molecule has 1 rings (SSSR count). The first kappa shape index (κ1) is 11.7. The molecular weight excluding hydrogens is 266 g/mol. The SMILES string of the molecule is CCS(=O)(=O)CCc1ccc(Br)cn1. The molecule has 0 saturated heterocycles. The van der Waals surface area contributed by atoms with Gasteiger partial charge in [-0.3, -0.25) is 4.98 Å². The molecule has 0 bridgehead atoms. The number of nitrogens with zero attached hydrogens (tertiary/aromatic N) is 1. The highest BCUT2D eigenvalue weighted by Crippen LogP contribution is 2.08. The van der Waals surface area contributed by atoms with E-state index < -0.39 is 9.84 Å². The van der Waals surface area contributed by atoms with Crippen molar-refractivity contribution >= 4 is 25.8 Å². The molecule has 1 heterocycles. The van der Waals surface area contributed by atoms with Crippen molar-refractivity contribution in [2.75, 3.05) is 11.5 Å². The lowest BCUT2D eigenvalue weighted by Crippen LogP contribution is -2.11. The Morgan fingerprint density at radius 2 is 2.14 bits per heavy atom. The van der Waals surface area contributed by atoms with E-state index in [4.69, 9.17) is 0 Å². The monoisotopic (exact) mass is 277 g/mol. The Hall–Kier alpha value is -0.420. The second-order valence-corrected chi connectivity index (χ2v) is 6.34. The van der Waals surface area contributed by atoms with Crippen molar-refractivity contribution in [1.82, 2.24) is 4.98 Å². The summed E-state index contributed by atoms with van der Waals surface area (Å²) in [6.07, 6.45) is 2.16. The second kappa shape index (κ2) is 4.89. The largest absolute Gasteiger partial charge is 0.260 e. The maximum Gasteiger partial charge on any atom is 0.150 e. The smallest absolute Gasteiger partial charge is 0.150 e. The number of pyridine rings is 1. The summed E-state index contributed by atoms with van der Waals surface area (Å²) in [6, 6.07) is 3.69.